The number of piperidine rings is 2. The van der Waals surface area contributed by atoms with Crippen molar-refractivity contribution in [3.63, 3.8) is 0 Å². The lowest BCUT2D eigenvalue weighted by Crippen LogP contribution is -2.54. The topological polar surface area (TPSA) is 82.5 Å². The zero-order valence-corrected chi connectivity index (χ0v) is 16.1. The number of aliphatic hydroxyl groups is 1. The molecule has 28 heavy (non-hydrogen) atoms. The Morgan fingerprint density at radius 1 is 1.11 bits per heavy atom. The van der Waals surface area contributed by atoms with Crippen LogP contribution in [0.3, 0.4) is 0 Å². The number of pyridine rings is 1. The molecule has 148 valence electrons. The fourth-order valence-corrected chi connectivity index (χ4v) is 4.68. The summed E-state index contributed by atoms with van der Waals surface area (Å²) in [6, 6.07) is 7.74. The quantitative estimate of drug-likeness (QED) is 0.866. The van der Waals surface area contributed by atoms with Crippen molar-refractivity contribution in [3.05, 3.63) is 54.1 Å². The highest BCUT2D eigenvalue weighted by molar-refractivity contribution is 5.93. The SMILES string of the molecule is O=C(c1ccnnc1)N1CCC2(CCN(Cc3ccccn3)CC2)[C@H](CO)C1. The monoisotopic (exact) mass is 381 g/mol. The molecule has 2 saturated heterocycles. The van der Waals surface area contributed by atoms with Gasteiger partial charge in [-0.25, -0.2) is 0 Å². The number of hydrogen-bond acceptors (Lipinski definition) is 6. The maximum Gasteiger partial charge on any atom is 0.255 e. The third-order valence-electron chi connectivity index (χ3n) is 6.49. The summed E-state index contributed by atoms with van der Waals surface area (Å²) in [6.45, 7) is 4.36. The van der Waals surface area contributed by atoms with Crippen molar-refractivity contribution < 1.29 is 9.90 Å². The van der Waals surface area contributed by atoms with Crippen LogP contribution in [-0.2, 0) is 6.54 Å². The van der Waals surface area contributed by atoms with Crippen molar-refractivity contribution in [1.82, 2.24) is 25.0 Å². The predicted octanol–water partition coefficient (Wildman–Crippen LogP) is 1.61. The molecule has 2 aromatic heterocycles. The third kappa shape index (κ3) is 3.91. The highest BCUT2D eigenvalue weighted by atomic mass is 16.3. The molecule has 0 saturated carbocycles. The molecule has 2 fully saturated rings. The second-order valence-corrected chi connectivity index (χ2v) is 7.97. The number of rotatable bonds is 4. The summed E-state index contributed by atoms with van der Waals surface area (Å²) >= 11 is 0. The van der Waals surface area contributed by atoms with Crippen LogP contribution in [-0.4, -0.2) is 68.8 Å². The van der Waals surface area contributed by atoms with E-state index in [1.54, 1.807) is 12.3 Å². The Morgan fingerprint density at radius 3 is 2.61 bits per heavy atom. The summed E-state index contributed by atoms with van der Waals surface area (Å²) in [7, 11) is 0. The van der Waals surface area contributed by atoms with Crippen LogP contribution in [0.5, 0.6) is 0 Å². The van der Waals surface area contributed by atoms with Crippen LogP contribution in [0.4, 0.5) is 0 Å². The van der Waals surface area contributed by atoms with E-state index < -0.39 is 0 Å². The van der Waals surface area contributed by atoms with E-state index in [1.807, 2.05) is 23.2 Å². The second kappa shape index (κ2) is 8.32. The van der Waals surface area contributed by atoms with Crippen molar-refractivity contribution in [2.24, 2.45) is 11.3 Å². The molecule has 1 spiro atoms. The fourth-order valence-electron chi connectivity index (χ4n) is 4.68. The first kappa shape index (κ1) is 19.0. The van der Waals surface area contributed by atoms with Gasteiger partial charge in [-0.3, -0.25) is 14.7 Å². The molecule has 0 radical (unpaired) electrons. The van der Waals surface area contributed by atoms with E-state index in [2.05, 4.69) is 26.1 Å². The van der Waals surface area contributed by atoms with E-state index in [4.69, 9.17) is 0 Å². The van der Waals surface area contributed by atoms with Crippen molar-refractivity contribution in [3.8, 4) is 0 Å². The number of carbonyl (C=O) groups is 1. The highest BCUT2D eigenvalue weighted by Crippen LogP contribution is 2.45. The summed E-state index contributed by atoms with van der Waals surface area (Å²) in [5, 5.41) is 17.6. The maximum absolute atomic E-state index is 12.7. The molecule has 2 aromatic rings. The Bertz CT molecular complexity index is 778. The van der Waals surface area contributed by atoms with Crippen LogP contribution in [0, 0.1) is 11.3 Å². The third-order valence-corrected chi connectivity index (χ3v) is 6.49. The van der Waals surface area contributed by atoms with Gasteiger partial charge < -0.3 is 10.0 Å². The molecule has 0 aliphatic carbocycles. The molecular weight excluding hydrogens is 354 g/mol. The second-order valence-electron chi connectivity index (χ2n) is 7.97. The molecule has 2 aliphatic heterocycles. The molecule has 1 amide bonds. The number of carbonyl (C=O) groups excluding carboxylic acids is 1. The minimum atomic E-state index is -0.0178. The van der Waals surface area contributed by atoms with Crippen molar-refractivity contribution in [1.29, 1.82) is 0 Å². The Kier molecular flexibility index (Phi) is 5.64. The van der Waals surface area contributed by atoms with Crippen LogP contribution < -0.4 is 0 Å². The molecule has 1 N–H and O–H groups in total. The van der Waals surface area contributed by atoms with Crippen LogP contribution >= 0.6 is 0 Å². The molecule has 4 rings (SSSR count). The van der Waals surface area contributed by atoms with E-state index in [9.17, 15) is 9.90 Å². The summed E-state index contributed by atoms with van der Waals surface area (Å²) in [4.78, 5) is 21.5. The van der Waals surface area contributed by atoms with Gasteiger partial charge in [-0.05, 0) is 56.0 Å². The Balaban J connectivity index is 1.38. The summed E-state index contributed by atoms with van der Waals surface area (Å²) in [5.74, 6) is 0.104. The van der Waals surface area contributed by atoms with Crippen LogP contribution in [0.2, 0.25) is 0 Å². The van der Waals surface area contributed by atoms with Crippen LogP contribution in [0.15, 0.2) is 42.9 Å². The van der Waals surface area contributed by atoms with E-state index in [0.717, 1.165) is 51.1 Å². The normalized spacial score (nSPS) is 22.3. The van der Waals surface area contributed by atoms with Gasteiger partial charge in [0.1, 0.15) is 0 Å². The highest BCUT2D eigenvalue weighted by Gasteiger charge is 2.45. The van der Waals surface area contributed by atoms with Gasteiger partial charge in [-0.1, -0.05) is 6.07 Å². The molecule has 0 aromatic carbocycles. The van der Waals surface area contributed by atoms with E-state index in [0.29, 0.717) is 12.1 Å². The fraction of sp³-hybridized carbons (Fsp3) is 0.524. The van der Waals surface area contributed by atoms with Gasteiger partial charge in [0.2, 0.25) is 0 Å². The standard InChI is InChI=1S/C21H27N5O2/c27-16-18-14-26(20(28)17-4-9-23-24-13-17)12-7-21(18)5-10-25(11-6-21)15-19-3-1-2-8-22-19/h1-4,8-9,13,18,27H,5-7,10-12,14-16H2/t18-/m0/s1. The van der Waals surface area contributed by atoms with Gasteiger partial charge in [0.25, 0.3) is 5.91 Å². The first-order valence-corrected chi connectivity index (χ1v) is 9.99. The predicted molar refractivity (Wildman–Crippen MR) is 104 cm³/mol. The molecule has 2 aliphatic rings. The number of nitrogens with zero attached hydrogens (tertiary/aromatic N) is 5. The Labute approximate surface area is 165 Å². The van der Waals surface area contributed by atoms with Gasteiger partial charge in [-0.2, -0.15) is 10.2 Å². The first-order valence-electron chi connectivity index (χ1n) is 9.99. The molecule has 0 bridgehead atoms. The van der Waals surface area contributed by atoms with Crippen molar-refractivity contribution in [2.45, 2.75) is 25.8 Å². The van der Waals surface area contributed by atoms with Gasteiger partial charge in [0, 0.05) is 38.4 Å². The van der Waals surface area contributed by atoms with Gasteiger partial charge in [-0.15, -0.1) is 0 Å². The minimum Gasteiger partial charge on any atom is -0.396 e. The van der Waals surface area contributed by atoms with Crippen molar-refractivity contribution >= 4 is 5.91 Å². The van der Waals surface area contributed by atoms with Gasteiger partial charge in [0.05, 0.1) is 23.7 Å². The zero-order chi connectivity index (χ0) is 19.4. The van der Waals surface area contributed by atoms with Crippen molar-refractivity contribution in [2.75, 3.05) is 32.8 Å². The lowest BCUT2D eigenvalue weighted by molar-refractivity contribution is -0.0366. The summed E-state index contributed by atoms with van der Waals surface area (Å²) in [6.07, 6.45) is 7.96. The molecule has 1 atom stereocenters. The zero-order valence-electron chi connectivity index (χ0n) is 16.1. The lowest BCUT2D eigenvalue weighted by Gasteiger charge is -2.51. The first-order chi connectivity index (χ1) is 13.7. The maximum atomic E-state index is 12.7. The average molecular weight is 381 g/mol. The largest absolute Gasteiger partial charge is 0.396 e. The number of aliphatic hydroxyl groups excluding tert-OH is 1. The lowest BCUT2D eigenvalue weighted by atomic mass is 9.64. The smallest absolute Gasteiger partial charge is 0.255 e. The van der Waals surface area contributed by atoms with E-state index >= 15 is 0 Å². The van der Waals surface area contributed by atoms with Gasteiger partial charge in [0.15, 0.2) is 0 Å². The molecular formula is C21H27N5O2. The molecule has 0 unspecified atom stereocenters. The summed E-state index contributed by atoms with van der Waals surface area (Å²) in [5.41, 5.74) is 1.79. The van der Waals surface area contributed by atoms with E-state index in [1.165, 1.54) is 6.20 Å². The number of likely N-dealkylation sites (tertiary alicyclic amines) is 2. The summed E-state index contributed by atoms with van der Waals surface area (Å²) < 4.78 is 0. The molecule has 7 heteroatoms. The average Bonchev–Trinajstić information content (AvgIpc) is 2.76. The molecule has 4 heterocycles. The van der Waals surface area contributed by atoms with E-state index in [-0.39, 0.29) is 23.8 Å². The number of amides is 1. The van der Waals surface area contributed by atoms with Crippen LogP contribution in [0.25, 0.3) is 0 Å². The van der Waals surface area contributed by atoms with Crippen LogP contribution in [0.1, 0.15) is 35.3 Å². The number of aromatic nitrogens is 3. The van der Waals surface area contributed by atoms with Gasteiger partial charge >= 0.3 is 0 Å². The Morgan fingerprint density at radius 2 is 1.93 bits per heavy atom. The minimum absolute atomic E-state index is 0.0178. The Hall–Kier alpha value is -2.38. The number of hydrogen-bond donors (Lipinski definition) is 1. The molecule has 7 nitrogen and oxygen atoms in total.